The second-order valence-electron chi connectivity index (χ2n) is 6.78. The number of thiophene rings is 1. The number of hydrogen-bond donors (Lipinski definition) is 1. The summed E-state index contributed by atoms with van der Waals surface area (Å²) in [6.07, 6.45) is 5.47. The van der Waals surface area contributed by atoms with E-state index in [1.807, 2.05) is 0 Å². The summed E-state index contributed by atoms with van der Waals surface area (Å²) in [6.45, 7) is 0. The highest BCUT2D eigenvalue weighted by molar-refractivity contribution is 7.17. The first kappa shape index (κ1) is 21.4. The number of hydrogen-bond acceptors (Lipinski definition) is 8. The molecule has 1 aliphatic rings. The second kappa shape index (κ2) is 8.99. The van der Waals surface area contributed by atoms with Crippen molar-refractivity contribution in [2.24, 2.45) is 0 Å². The molecule has 0 spiro atoms. The van der Waals surface area contributed by atoms with Crippen molar-refractivity contribution in [3.8, 4) is 0 Å². The molecule has 1 aliphatic carbocycles. The highest BCUT2D eigenvalue weighted by atomic mass is 32.1. The fraction of sp³-hybridized carbons (Fsp3) is 0.368. The van der Waals surface area contributed by atoms with Crippen molar-refractivity contribution < 1.29 is 24.2 Å². The Morgan fingerprint density at radius 2 is 1.77 bits per heavy atom. The molecule has 0 aliphatic heterocycles. The Labute approximate surface area is 175 Å². The summed E-state index contributed by atoms with van der Waals surface area (Å²) >= 11 is 1.26. The largest absolute Gasteiger partial charge is 0.465 e. The molecule has 0 radical (unpaired) electrons. The zero-order valence-electron chi connectivity index (χ0n) is 16.1. The molecule has 0 atom stereocenters. The number of rotatable bonds is 5. The highest BCUT2D eigenvalue weighted by Crippen LogP contribution is 2.38. The Balaban J connectivity index is 2.01. The van der Waals surface area contributed by atoms with Gasteiger partial charge in [-0.2, -0.15) is 0 Å². The van der Waals surface area contributed by atoms with E-state index in [-0.39, 0.29) is 16.1 Å². The number of nitrogens with zero attached hydrogens (tertiary/aromatic N) is 2. The number of nitro benzene ring substituents is 2. The molecule has 11 heteroatoms. The summed E-state index contributed by atoms with van der Waals surface area (Å²) in [6, 6.07) is 2.80. The number of ether oxygens (including phenoxy) is 1. The molecule has 10 nitrogen and oxygen atoms in total. The van der Waals surface area contributed by atoms with Crippen LogP contribution in [0.4, 0.5) is 16.4 Å². The summed E-state index contributed by atoms with van der Waals surface area (Å²) in [7, 11) is 1.25. The SMILES string of the molecule is COC(=O)c1c(NC(=O)c2ccc([N+](=O)[O-])cc2[N+](=O)[O-])sc2c1CCCCCC2. The average Bonchev–Trinajstić information content (AvgIpc) is 3.02. The van der Waals surface area contributed by atoms with Crippen molar-refractivity contribution in [2.45, 2.75) is 38.5 Å². The second-order valence-corrected chi connectivity index (χ2v) is 7.89. The third kappa shape index (κ3) is 4.30. The van der Waals surface area contributed by atoms with E-state index in [1.165, 1.54) is 18.4 Å². The maximum atomic E-state index is 12.8. The number of fused-ring (bicyclic) bond motifs is 1. The van der Waals surface area contributed by atoms with E-state index in [0.29, 0.717) is 6.42 Å². The van der Waals surface area contributed by atoms with Crippen LogP contribution in [0.15, 0.2) is 18.2 Å². The van der Waals surface area contributed by atoms with Crippen LogP contribution in [0.2, 0.25) is 0 Å². The summed E-state index contributed by atoms with van der Waals surface area (Å²) in [5.41, 5.74) is -0.386. The standard InChI is InChI=1S/C19H19N3O7S/c1-29-19(24)16-13-6-4-2-3-5-7-15(13)30-18(16)20-17(23)12-9-8-11(21(25)26)10-14(12)22(27)28/h8-10H,2-7H2,1H3,(H,20,23). The number of anilines is 1. The van der Waals surface area contributed by atoms with Gasteiger partial charge >= 0.3 is 5.97 Å². The van der Waals surface area contributed by atoms with Crippen molar-refractivity contribution in [3.05, 3.63) is 60.0 Å². The Hall–Kier alpha value is -3.34. The van der Waals surface area contributed by atoms with Crippen molar-refractivity contribution in [3.63, 3.8) is 0 Å². The molecule has 0 saturated heterocycles. The molecule has 0 unspecified atom stereocenters. The highest BCUT2D eigenvalue weighted by Gasteiger charge is 2.29. The van der Waals surface area contributed by atoms with Crippen molar-refractivity contribution in [1.29, 1.82) is 0 Å². The smallest absolute Gasteiger partial charge is 0.341 e. The van der Waals surface area contributed by atoms with Crippen molar-refractivity contribution >= 4 is 39.6 Å². The molecular formula is C19H19N3O7S. The van der Waals surface area contributed by atoms with Crippen LogP contribution in [0, 0.1) is 20.2 Å². The number of esters is 1. The molecule has 1 heterocycles. The third-order valence-electron chi connectivity index (χ3n) is 4.92. The Bertz CT molecular complexity index is 1030. The lowest BCUT2D eigenvalue weighted by molar-refractivity contribution is -0.394. The van der Waals surface area contributed by atoms with Gasteiger partial charge in [-0.3, -0.25) is 25.0 Å². The maximum Gasteiger partial charge on any atom is 0.341 e. The van der Waals surface area contributed by atoms with Crippen LogP contribution in [0.5, 0.6) is 0 Å². The van der Waals surface area contributed by atoms with Gasteiger partial charge in [0, 0.05) is 10.9 Å². The zero-order valence-corrected chi connectivity index (χ0v) is 17.0. The number of carbonyl (C=O) groups is 2. The van der Waals surface area contributed by atoms with Crippen LogP contribution in [0.1, 0.15) is 56.8 Å². The average molecular weight is 433 g/mol. The molecule has 1 aromatic heterocycles. The predicted octanol–water partition coefficient (Wildman–Crippen LogP) is 4.26. The lowest BCUT2D eigenvalue weighted by Crippen LogP contribution is -2.16. The lowest BCUT2D eigenvalue weighted by Gasteiger charge is -2.11. The topological polar surface area (TPSA) is 142 Å². The van der Waals surface area contributed by atoms with E-state index in [2.05, 4.69) is 5.32 Å². The quantitative estimate of drug-likeness (QED) is 0.422. The summed E-state index contributed by atoms with van der Waals surface area (Å²) in [5, 5.41) is 25.1. The first-order valence-electron chi connectivity index (χ1n) is 9.30. The van der Waals surface area contributed by atoms with Gasteiger partial charge in [-0.1, -0.05) is 12.8 Å². The first-order chi connectivity index (χ1) is 14.3. The maximum absolute atomic E-state index is 12.8. The van der Waals surface area contributed by atoms with Crippen molar-refractivity contribution in [2.75, 3.05) is 12.4 Å². The third-order valence-corrected chi connectivity index (χ3v) is 6.13. The van der Waals surface area contributed by atoms with Gasteiger partial charge in [-0.15, -0.1) is 11.3 Å². The minimum Gasteiger partial charge on any atom is -0.465 e. The Kier molecular flexibility index (Phi) is 6.40. The normalized spacial score (nSPS) is 13.5. The molecule has 158 valence electrons. The fourth-order valence-electron chi connectivity index (χ4n) is 3.47. The lowest BCUT2D eigenvalue weighted by atomic mass is 9.96. The number of aryl methyl sites for hydroxylation is 1. The molecule has 1 aromatic carbocycles. The van der Waals surface area contributed by atoms with Crippen LogP contribution in [-0.2, 0) is 17.6 Å². The van der Waals surface area contributed by atoms with Gasteiger partial charge in [0.05, 0.1) is 28.6 Å². The van der Waals surface area contributed by atoms with Crippen LogP contribution >= 0.6 is 11.3 Å². The van der Waals surface area contributed by atoms with E-state index in [4.69, 9.17) is 4.74 Å². The van der Waals surface area contributed by atoms with Crippen molar-refractivity contribution in [1.82, 2.24) is 0 Å². The van der Waals surface area contributed by atoms with E-state index in [0.717, 1.165) is 60.7 Å². The van der Waals surface area contributed by atoms with Gasteiger partial charge in [0.1, 0.15) is 10.6 Å². The van der Waals surface area contributed by atoms with Gasteiger partial charge < -0.3 is 10.1 Å². The molecule has 3 rings (SSSR count). The summed E-state index contributed by atoms with van der Waals surface area (Å²) in [4.78, 5) is 46.8. The molecule has 0 bridgehead atoms. The van der Waals surface area contributed by atoms with Gasteiger partial charge in [-0.05, 0) is 37.3 Å². The summed E-state index contributed by atoms with van der Waals surface area (Å²) < 4.78 is 4.90. The number of non-ortho nitro benzene ring substituents is 1. The Morgan fingerprint density at radius 1 is 1.07 bits per heavy atom. The number of carbonyl (C=O) groups excluding carboxylic acids is 2. The van der Waals surface area contributed by atoms with E-state index >= 15 is 0 Å². The monoisotopic (exact) mass is 433 g/mol. The first-order valence-corrected chi connectivity index (χ1v) is 10.1. The van der Waals surface area contributed by atoms with Crippen LogP contribution in [0.3, 0.4) is 0 Å². The Morgan fingerprint density at radius 3 is 2.40 bits per heavy atom. The van der Waals surface area contributed by atoms with Crippen LogP contribution in [0.25, 0.3) is 0 Å². The van der Waals surface area contributed by atoms with Crippen LogP contribution < -0.4 is 5.32 Å². The minimum atomic E-state index is -0.850. The van der Waals surface area contributed by atoms with E-state index in [1.54, 1.807) is 0 Å². The molecule has 1 N–H and O–H groups in total. The fourth-order valence-corrected chi connectivity index (χ4v) is 4.75. The zero-order chi connectivity index (χ0) is 21.8. The number of nitrogens with one attached hydrogen (secondary N) is 1. The number of benzene rings is 1. The molecule has 1 amide bonds. The molecule has 30 heavy (non-hydrogen) atoms. The van der Waals surface area contributed by atoms with Gasteiger partial charge in [-0.25, -0.2) is 4.79 Å². The number of amides is 1. The van der Waals surface area contributed by atoms with E-state index < -0.39 is 33.1 Å². The molecule has 2 aromatic rings. The molecule has 0 fully saturated rings. The van der Waals surface area contributed by atoms with Gasteiger partial charge in [0.25, 0.3) is 17.3 Å². The minimum absolute atomic E-state index is 0.270. The van der Waals surface area contributed by atoms with Gasteiger partial charge in [0.15, 0.2) is 0 Å². The molecular weight excluding hydrogens is 414 g/mol. The number of methoxy groups -OCH3 is 1. The predicted molar refractivity (Wildman–Crippen MR) is 109 cm³/mol. The molecule has 0 saturated carbocycles. The number of nitro groups is 2. The van der Waals surface area contributed by atoms with Crippen LogP contribution in [-0.4, -0.2) is 28.8 Å². The van der Waals surface area contributed by atoms with E-state index in [9.17, 15) is 29.8 Å². The van der Waals surface area contributed by atoms with Gasteiger partial charge in [0.2, 0.25) is 0 Å². The summed E-state index contributed by atoms with van der Waals surface area (Å²) in [5.74, 6) is -1.41.